The Bertz CT molecular complexity index is 416. The Morgan fingerprint density at radius 2 is 1.32 bits per heavy atom. The Kier molecular flexibility index (Phi) is 4.55. The summed E-state index contributed by atoms with van der Waals surface area (Å²) in [5.74, 6) is 0. The predicted molar refractivity (Wildman–Crippen MR) is 86.7 cm³/mol. The van der Waals surface area contributed by atoms with Gasteiger partial charge in [-0.3, -0.25) is 0 Å². The van der Waals surface area contributed by atoms with Crippen molar-refractivity contribution >= 4 is 0 Å². The standard InChI is InChI=1S/C19H32/c1-15-11-9-10-12-16(15)18(5,6)13-14-19(7,8)17(2,3)4/h9-12H,13-14H2,1-8H3. The Balaban J connectivity index is 2.85. The second-order valence-corrected chi connectivity index (χ2v) is 8.33. The van der Waals surface area contributed by atoms with Crippen LogP contribution in [0.25, 0.3) is 0 Å². The smallest absolute Gasteiger partial charge is 0.0101 e. The Morgan fingerprint density at radius 3 is 1.79 bits per heavy atom. The molecule has 0 aliphatic carbocycles. The average Bonchev–Trinajstić information content (AvgIpc) is 2.25. The van der Waals surface area contributed by atoms with E-state index in [1.54, 1.807) is 0 Å². The van der Waals surface area contributed by atoms with E-state index >= 15 is 0 Å². The molecule has 0 radical (unpaired) electrons. The molecule has 0 saturated heterocycles. The third kappa shape index (κ3) is 3.84. The zero-order valence-corrected chi connectivity index (χ0v) is 14.2. The van der Waals surface area contributed by atoms with Crippen molar-refractivity contribution in [3.8, 4) is 0 Å². The van der Waals surface area contributed by atoms with E-state index in [1.807, 2.05) is 0 Å². The lowest BCUT2D eigenvalue weighted by atomic mass is 9.64. The van der Waals surface area contributed by atoms with Crippen LogP contribution in [0, 0.1) is 17.8 Å². The van der Waals surface area contributed by atoms with E-state index in [0.29, 0.717) is 10.8 Å². The van der Waals surface area contributed by atoms with Crippen LogP contribution in [0.1, 0.15) is 72.4 Å². The fourth-order valence-corrected chi connectivity index (χ4v) is 2.47. The minimum atomic E-state index is 0.258. The largest absolute Gasteiger partial charge is 0.0620 e. The van der Waals surface area contributed by atoms with Crippen LogP contribution in [0.2, 0.25) is 0 Å². The van der Waals surface area contributed by atoms with Crippen molar-refractivity contribution in [3.63, 3.8) is 0 Å². The quantitative estimate of drug-likeness (QED) is 0.611. The zero-order valence-electron chi connectivity index (χ0n) is 14.2. The molecule has 0 bridgehead atoms. The maximum absolute atomic E-state index is 2.40. The first-order valence-corrected chi connectivity index (χ1v) is 7.53. The number of hydrogen-bond acceptors (Lipinski definition) is 0. The van der Waals surface area contributed by atoms with E-state index in [-0.39, 0.29) is 5.41 Å². The molecule has 0 atom stereocenters. The molecule has 1 rings (SSSR count). The summed E-state index contributed by atoms with van der Waals surface area (Å²) in [5, 5.41) is 0. The molecule has 0 saturated carbocycles. The molecule has 19 heavy (non-hydrogen) atoms. The van der Waals surface area contributed by atoms with Gasteiger partial charge in [0.15, 0.2) is 0 Å². The number of aryl methyl sites for hydroxylation is 1. The van der Waals surface area contributed by atoms with Crippen LogP contribution in [-0.4, -0.2) is 0 Å². The van der Waals surface area contributed by atoms with Crippen molar-refractivity contribution < 1.29 is 0 Å². The molecule has 0 aliphatic rings. The first kappa shape index (κ1) is 16.3. The second-order valence-electron chi connectivity index (χ2n) is 8.33. The molecule has 1 aromatic carbocycles. The van der Waals surface area contributed by atoms with E-state index in [0.717, 1.165) is 0 Å². The lowest BCUT2D eigenvalue weighted by Gasteiger charge is -2.41. The summed E-state index contributed by atoms with van der Waals surface area (Å²) in [5.41, 5.74) is 3.90. The van der Waals surface area contributed by atoms with Gasteiger partial charge in [0.05, 0.1) is 0 Å². The highest BCUT2D eigenvalue weighted by Gasteiger charge is 2.34. The fourth-order valence-electron chi connectivity index (χ4n) is 2.47. The maximum atomic E-state index is 2.40. The molecule has 0 amide bonds. The first-order chi connectivity index (χ1) is 8.47. The van der Waals surface area contributed by atoms with Gasteiger partial charge in [-0.15, -0.1) is 0 Å². The third-order valence-corrected chi connectivity index (χ3v) is 5.28. The van der Waals surface area contributed by atoms with Crippen LogP contribution < -0.4 is 0 Å². The summed E-state index contributed by atoms with van der Waals surface area (Å²) >= 11 is 0. The van der Waals surface area contributed by atoms with Crippen LogP contribution in [0.5, 0.6) is 0 Å². The van der Waals surface area contributed by atoms with Gasteiger partial charge in [0.1, 0.15) is 0 Å². The molecule has 0 spiro atoms. The number of rotatable bonds is 4. The summed E-state index contributed by atoms with van der Waals surface area (Å²) in [7, 11) is 0. The maximum Gasteiger partial charge on any atom is -0.0101 e. The molecule has 0 nitrogen and oxygen atoms in total. The van der Waals surface area contributed by atoms with Gasteiger partial charge in [-0.05, 0) is 47.1 Å². The second kappa shape index (κ2) is 5.31. The van der Waals surface area contributed by atoms with Crippen molar-refractivity contribution in [2.75, 3.05) is 0 Å². The summed E-state index contributed by atoms with van der Waals surface area (Å²) in [4.78, 5) is 0. The van der Waals surface area contributed by atoms with E-state index in [9.17, 15) is 0 Å². The molecule has 1 aromatic rings. The number of benzene rings is 1. The highest BCUT2D eigenvalue weighted by molar-refractivity contribution is 5.32. The zero-order chi connectivity index (χ0) is 14.9. The Labute approximate surface area is 120 Å². The van der Waals surface area contributed by atoms with Crippen LogP contribution in [0.3, 0.4) is 0 Å². The van der Waals surface area contributed by atoms with Gasteiger partial charge in [0.2, 0.25) is 0 Å². The lowest BCUT2D eigenvalue weighted by Crippen LogP contribution is -2.32. The van der Waals surface area contributed by atoms with Crippen molar-refractivity contribution in [2.24, 2.45) is 10.8 Å². The molecule has 0 fully saturated rings. The van der Waals surface area contributed by atoms with E-state index in [4.69, 9.17) is 0 Å². The van der Waals surface area contributed by atoms with Gasteiger partial charge in [-0.25, -0.2) is 0 Å². The molecule has 0 N–H and O–H groups in total. The summed E-state index contributed by atoms with van der Waals surface area (Å²) < 4.78 is 0. The van der Waals surface area contributed by atoms with Gasteiger partial charge in [0.25, 0.3) is 0 Å². The van der Waals surface area contributed by atoms with Crippen molar-refractivity contribution in [1.82, 2.24) is 0 Å². The van der Waals surface area contributed by atoms with Crippen molar-refractivity contribution in [1.29, 1.82) is 0 Å². The van der Waals surface area contributed by atoms with Gasteiger partial charge in [-0.2, -0.15) is 0 Å². The molecule has 108 valence electrons. The molecule has 0 unspecified atom stereocenters. The summed E-state index contributed by atoms with van der Waals surface area (Å²) in [6.45, 7) is 18.9. The van der Waals surface area contributed by atoms with E-state index in [1.165, 1.54) is 24.0 Å². The molecular formula is C19H32. The van der Waals surface area contributed by atoms with E-state index < -0.39 is 0 Å². The van der Waals surface area contributed by atoms with Gasteiger partial charge >= 0.3 is 0 Å². The summed E-state index contributed by atoms with van der Waals surface area (Å²) in [6.07, 6.45) is 2.50. The minimum Gasteiger partial charge on any atom is -0.0620 e. The monoisotopic (exact) mass is 260 g/mol. The lowest BCUT2D eigenvalue weighted by molar-refractivity contribution is 0.108. The van der Waals surface area contributed by atoms with Gasteiger partial charge in [0, 0.05) is 0 Å². The fraction of sp³-hybridized carbons (Fsp3) is 0.684. The Morgan fingerprint density at radius 1 is 0.789 bits per heavy atom. The van der Waals surface area contributed by atoms with Crippen LogP contribution in [0.4, 0.5) is 0 Å². The predicted octanol–water partition coefficient (Wildman–Crippen LogP) is 6.13. The molecule has 0 heterocycles. The van der Waals surface area contributed by atoms with E-state index in [2.05, 4.69) is 79.7 Å². The topological polar surface area (TPSA) is 0 Å². The van der Waals surface area contributed by atoms with Crippen molar-refractivity contribution in [2.45, 2.75) is 73.6 Å². The summed E-state index contributed by atoms with van der Waals surface area (Å²) in [6, 6.07) is 8.82. The van der Waals surface area contributed by atoms with Crippen LogP contribution >= 0.6 is 0 Å². The Hall–Kier alpha value is -0.780. The first-order valence-electron chi connectivity index (χ1n) is 7.53. The normalized spacial score (nSPS) is 13.7. The highest BCUT2D eigenvalue weighted by Crippen LogP contribution is 2.44. The van der Waals surface area contributed by atoms with Crippen LogP contribution in [-0.2, 0) is 5.41 Å². The minimum absolute atomic E-state index is 0.258. The van der Waals surface area contributed by atoms with Gasteiger partial charge in [-0.1, -0.05) is 72.7 Å². The SMILES string of the molecule is Cc1ccccc1C(C)(C)CCC(C)(C)C(C)(C)C. The molecule has 0 aliphatic heterocycles. The van der Waals surface area contributed by atoms with Crippen molar-refractivity contribution in [3.05, 3.63) is 35.4 Å². The highest BCUT2D eigenvalue weighted by atomic mass is 14.4. The molecule has 0 aromatic heterocycles. The van der Waals surface area contributed by atoms with Crippen LogP contribution in [0.15, 0.2) is 24.3 Å². The molecular weight excluding hydrogens is 228 g/mol. The third-order valence-electron chi connectivity index (χ3n) is 5.28. The van der Waals surface area contributed by atoms with Gasteiger partial charge < -0.3 is 0 Å². The average molecular weight is 260 g/mol. The number of hydrogen-bond donors (Lipinski definition) is 0. The molecule has 0 heteroatoms.